The van der Waals surface area contributed by atoms with E-state index in [1.54, 1.807) is 6.07 Å². The number of aryl methyl sites for hydroxylation is 1. The lowest BCUT2D eigenvalue weighted by atomic mass is 10.1. The first-order valence-corrected chi connectivity index (χ1v) is 6.73. The molecule has 0 saturated carbocycles. The second-order valence-electron chi connectivity index (χ2n) is 5.02. The second kappa shape index (κ2) is 5.40. The summed E-state index contributed by atoms with van der Waals surface area (Å²) >= 11 is 0. The van der Waals surface area contributed by atoms with Crippen LogP contribution in [0.25, 0.3) is 11.3 Å². The molecule has 6 heteroatoms. The van der Waals surface area contributed by atoms with Crippen molar-refractivity contribution >= 4 is 11.8 Å². The van der Waals surface area contributed by atoms with Gasteiger partial charge in [-0.25, -0.2) is 0 Å². The van der Waals surface area contributed by atoms with E-state index in [1.165, 1.54) is 4.90 Å². The van der Waals surface area contributed by atoms with Crippen LogP contribution in [0.4, 0.5) is 0 Å². The highest BCUT2D eigenvalue weighted by atomic mass is 16.5. The molecule has 1 fully saturated rings. The summed E-state index contributed by atoms with van der Waals surface area (Å²) in [6, 6.07) is 9.41. The van der Waals surface area contributed by atoms with Crippen molar-refractivity contribution < 1.29 is 14.1 Å². The van der Waals surface area contributed by atoms with Crippen LogP contribution >= 0.6 is 0 Å². The first kappa shape index (κ1) is 13.4. The largest absolute Gasteiger partial charge is 0.353 e. The van der Waals surface area contributed by atoms with Crippen LogP contribution < -0.4 is 5.32 Å². The number of amides is 2. The van der Waals surface area contributed by atoms with Crippen LogP contribution in [-0.2, 0) is 4.79 Å². The summed E-state index contributed by atoms with van der Waals surface area (Å²) in [7, 11) is 0. The molecule has 0 unspecified atom stereocenters. The monoisotopic (exact) mass is 285 g/mol. The standard InChI is InChI=1S/C15H15N3O3/c1-10-2-4-11(5-3-10)12-8-13(21-17-12)15(20)18-7-6-16-14(19)9-18/h2-5,8H,6-7,9H2,1H3,(H,16,19). The Morgan fingerprint density at radius 1 is 1.33 bits per heavy atom. The van der Waals surface area contributed by atoms with Crippen LogP contribution in [0.2, 0.25) is 0 Å². The molecule has 0 aliphatic carbocycles. The predicted molar refractivity (Wildman–Crippen MR) is 75.6 cm³/mol. The summed E-state index contributed by atoms with van der Waals surface area (Å²) in [4.78, 5) is 25.0. The van der Waals surface area contributed by atoms with Gasteiger partial charge in [-0.15, -0.1) is 0 Å². The van der Waals surface area contributed by atoms with Crippen LogP contribution in [0.5, 0.6) is 0 Å². The molecule has 3 rings (SSSR count). The molecule has 21 heavy (non-hydrogen) atoms. The second-order valence-corrected chi connectivity index (χ2v) is 5.02. The van der Waals surface area contributed by atoms with Gasteiger partial charge >= 0.3 is 0 Å². The first-order chi connectivity index (χ1) is 10.1. The van der Waals surface area contributed by atoms with E-state index in [9.17, 15) is 9.59 Å². The number of carbonyl (C=O) groups is 2. The van der Waals surface area contributed by atoms with Gasteiger partial charge in [-0.2, -0.15) is 0 Å². The van der Waals surface area contributed by atoms with Crippen molar-refractivity contribution in [3.05, 3.63) is 41.7 Å². The summed E-state index contributed by atoms with van der Waals surface area (Å²) in [5, 5.41) is 6.60. The number of benzene rings is 1. The van der Waals surface area contributed by atoms with E-state index in [0.717, 1.165) is 11.1 Å². The van der Waals surface area contributed by atoms with Gasteiger partial charge in [0.05, 0.1) is 0 Å². The molecule has 2 aromatic rings. The van der Waals surface area contributed by atoms with Crippen LogP contribution in [0.3, 0.4) is 0 Å². The Bertz CT molecular complexity index is 676. The quantitative estimate of drug-likeness (QED) is 0.900. The summed E-state index contributed by atoms with van der Waals surface area (Å²) < 4.78 is 5.13. The van der Waals surface area contributed by atoms with Gasteiger partial charge in [-0.1, -0.05) is 35.0 Å². The van der Waals surface area contributed by atoms with Crippen molar-refractivity contribution in [1.29, 1.82) is 0 Å². The molecule has 1 aliphatic heterocycles. The molecule has 1 aromatic carbocycles. The molecule has 108 valence electrons. The minimum atomic E-state index is -0.310. The number of piperazine rings is 1. The van der Waals surface area contributed by atoms with Gasteiger partial charge in [-0.05, 0) is 6.92 Å². The van der Waals surface area contributed by atoms with Crippen molar-refractivity contribution in [1.82, 2.24) is 15.4 Å². The summed E-state index contributed by atoms with van der Waals surface area (Å²) in [5.41, 5.74) is 2.65. The SMILES string of the molecule is Cc1ccc(-c2cc(C(=O)N3CCNC(=O)C3)on2)cc1. The predicted octanol–water partition coefficient (Wildman–Crippen LogP) is 1.22. The van der Waals surface area contributed by atoms with Gasteiger partial charge in [-0.3, -0.25) is 9.59 Å². The number of nitrogens with zero attached hydrogens (tertiary/aromatic N) is 2. The maximum Gasteiger partial charge on any atom is 0.293 e. The topological polar surface area (TPSA) is 75.4 Å². The number of carbonyl (C=O) groups excluding carboxylic acids is 2. The third-order valence-electron chi connectivity index (χ3n) is 3.39. The average Bonchev–Trinajstić information content (AvgIpc) is 2.97. The molecule has 2 heterocycles. The molecular formula is C15H15N3O3. The highest BCUT2D eigenvalue weighted by Gasteiger charge is 2.25. The van der Waals surface area contributed by atoms with Crippen LogP contribution in [0.15, 0.2) is 34.9 Å². The number of hydrogen-bond acceptors (Lipinski definition) is 4. The zero-order valence-electron chi connectivity index (χ0n) is 11.6. The highest BCUT2D eigenvalue weighted by molar-refractivity contribution is 5.95. The van der Waals surface area contributed by atoms with E-state index < -0.39 is 0 Å². The molecule has 1 N–H and O–H groups in total. The van der Waals surface area contributed by atoms with Crippen LogP contribution in [0.1, 0.15) is 16.1 Å². The molecule has 1 aromatic heterocycles. The fraction of sp³-hybridized carbons (Fsp3) is 0.267. The highest BCUT2D eigenvalue weighted by Crippen LogP contribution is 2.20. The summed E-state index contributed by atoms with van der Waals surface area (Å²) in [5.74, 6) is -0.316. The van der Waals surface area contributed by atoms with Crippen molar-refractivity contribution in [3.63, 3.8) is 0 Å². The Labute approximate surface area is 121 Å². The van der Waals surface area contributed by atoms with Crippen LogP contribution in [0, 0.1) is 6.92 Å². The van der Waals surface area contributed by atoms with E-state index in [-0.39, 0.29) is 24.1 Å². The molecule has 0 atom stereocenters. The molecular weight excluding hydrogens is 270 g/mol. The lowest BCUT2D eigenvalue weighted by molar-refractivity contribution is -0.123. The Balaban J connectivity index is 1.79. The Morgan fingerprint density at radius 3 is 2.81 bits per heavy atom. The Morgan fingerprint density at radius 2 is 2.10 bits per heavy atom. The van der Waals surface area contributed by atoms with Gasteiger partial charge < -0.3 is 14.7 Å². The zero-order chi connectivity index (χ0) is 14.8. The van der Waals surface area contributed by atoms with Gasteiger partial charge in [0.2, 0.25) is 11.7 Å². The molecule has 1 aliphatic rings. The first-order valence-electron chi connectivity index (χ1n) is 6.73. The summed E-state index contributed by atoms with van der Waals surface area (Å²) in [6.45, 7) is 3.00. The zero-order valence-corrected chi connectivity index (χ0v) is 11.6. The van der Waals surface area contributed by atoms with Crippen molar-refractivity contribution in [3.8, 4) is 11.3 Å². The van der Waals surface area contributed by atoms with Crippen LogP contribution in [-0.4, -0.2) is 41.5 Å². The molecule has 6 nitrogen and oxygen atoms in total. The molecule has 0 spiro atoms. The fourth-order valence-corrected chi connectivity index (χ4v) is 2.20. The number of nitrogens with one attached hydrogen (secondary N) is 1. The number of rotatable bonds is 2. The van der Waals surface area contributed by atoms with Gasteiger partial charge in [0.25, 0.3) is 5.91 Å². The third-order valence-corrected chi connectivity index (χ3v) is 3.39. The molecule has 0 bridgehead atoms. The van der Waals surface area contributed by atoms with E-state index in [2.05, 4.69) is 10.5 Å². The van der Waals surface area contributed by atoms with Gasteiger partial charge in [0.1, 0.15) is 12.2 Å². The number of hydrogen-bond donors (Lipinski definition) is 1. The van der Waals surface area contributed by atoms with Gasteiger partial charge in [0.15, 0.2) is 0 Å². The van der Waals surface area contributed by atoms with Gasteiger partial charge in [0, 0.05) is 24.7 Å². The fourth-order valence-electron chi connectivity index (χ4n) is 2.20. The third kappa shape index (κ3) is 2.79. The lowest BCUT2D eigenvalue weighted by Crippen LogP contribution is -2.49. The van der Waals surface area contributed by atoms with Crippen molar-refractivity contribution in [2.24, 2.45) is 0 Å². The van der Waals surface area contributed by atoms with E-state index in [0.29, 0.717) is 18.8 Å². The maximum atomic E-state index is 12.3. The Hall–Kier alpha value is -2.63. The van der Waals surface area contributed by atoms with Crippen molar-refractivity contribution in [2.75, 3.05) is 19.6 Å². The summed E-state index contributed by atoms with van der Waals surface area (Å²) in [6.07, 6.45) is 0. The smallest absolute Gasteiger partial charge is 0.293 e. The lowest BCUT2D eigenvalue weighted by Gasteiger charge is -2.25. The average molecular weight is 285 g/mol. The maximum absolute atomic E-state index is 12.3. The Kier molecular flexibility index (Phi) is 3.43. The van der Waals surface area contributed by atoms with E-state index >= 15 is 0 Å². The van der Waals surface area contributed by atoms with Crippen molar-refractivity contribution in [2.45, 2.75) is 6.92 Å². The molecule has 2 amide bonds. The van der Waals surface area contributed by atoms with E-state index in [4.69, 9.17) is 4.52 Å². The number of aromatic nitrogens is 1. The van der Waals surface area contributed by atoms with E-state index in [1.807, 2.05) is 31.2 Å². The molecule has 0 radical (unpaired) electrons. The normalized spacial score (nSPS) is 14.9. The minimum absolute atomic E-state index is 0.0550. The minimum Gasteiger partial charge on any atom is -0.353 e. The molecule has 1 saturated heterocycles.